The topological polar surface area (TPSA) is 571 Å². The van der Waals surface area contributed by atoms with E-state index in [1.54, 1.807) is 146 Å². The molecule has 4 amide bonds. The molecule has 39 nitrogen and oxygen atoms in total. The first-order valence-electron chi connectivity index (χ1n) is 35.6. The van der Waals surface area contributed by atoms with Gasteiger partial charge in [0.25, 0.3) is 0 Å². The Morgan fingerprint density at radius 2 is 0.613 bits per heavy atom. The molecule has 0 aliphatic carbocycles. The molecule has 7 unspecified atom stereocenters. The maximum Gasteiger partial charge on any atom is 0.443 e. The number of methoxy groups -OCH3 is 6. The summed E-state index contributed by atoms with van der Waals surface area (Å²) in [6.07, 6.45) is 6.41. The summed E-state index contributed by atoms with van der Waals surface area (Å²) in [4.78, 5) is 75.1. The van der Waals surface area contributed by atoms with Crippen molar-refractivity contribution < 1.29 is 109 Å². The van der Waals surface area contributed by atoms with Crippen LogP contribution in [0.5, 0.6) is 0 Å². The fourth-order valence-electron chi connectivity index (χ4n) is 6.89. The number of thiazole rings is 7. The molecule has 7 aromatic rings. The lowest BCUT2D eigenvalue weighted by molar-refractivity contribution is 0.0188. The predicted molar refractivity (Wildman–Crippen MR) is 488 cm³/mol. The fourth-order valence-corrected chi connectivity index (χ4v) is 20.4. The molecular formula is C70H120ClN15O24S14. The van der Waals surface area contributed by atoms with Crippen LogP contribution in [0.3, 0.4) is 0 Å². The second-order valence-electron chi connectivity index (χ2n) is 32.0. The van der Waals surface area contributed by atoms with Gasteiger partial charge in [0, 0.05) is 53.3 Å². The van der Waals surface area contributed by atoms with E-state index < -0.39 is 159 Å². The van der Waals surface area contributed by atoms with Crippen molar-refractivity contribution in [3.8, 4) is 0 Å². The minimum atomic E-state index is -3.41. The molecule has 7 rings (SSSR count). The van der Waals surface area contributed by atoms with E-state index in [-0.39, 0.29) is 18.8 Å². The molecule has 0 saturated carbocycles. The van der Waals surface area contributed by atoms with Gasteiger partial charge in [-0.3, -0.25) is 8.37 Å². The summed E-state index contributed by atoms with van der Waals surface area (Å²) in [6.45, 7) is 45.9. The number of aromatic nitrogens is 7. The van der Waals surface area contributed by atoms with E-state index in [1.807, 2.05) is 83.1 Å². The first kappa shape index (κ1) is 119. The van der Waals surface area contributed by atoms with Crippen molar-refractivity contribution in [2.75, 3.05) is 56.9 Å². The molecule has 0 aliphatic heterocycles. The van der Waals surface area contributed by atoms with E-state index in [0.717, 1.165) is 44.0 Å². The highest BCUT2D eigenvalue weighted by atomic mass is 35.7. The molecule has 11 N–H and O–H groups in total. The number of nitrogens with zero attached hydrogens (tertiary/aromatic N) is 10. The van der Waals surface area contributed by atoms with Crippen LogP contribution < -0.4 is 26.3 Å². The monoisotopic (exact) mass is 2040 g/mol. The van der Waals surface area contributed by atoms with Gasteiger partial charge in [-0.25, -0.2) is 104 Å². The molecule has 54 heteroatoms. The zero-order chi connectivity index (χ0) is 95.9. The number of aliphatic hydroxyl groups is 1. The van der Waals surface area contributed by atoms with Crippen molar-refractivity contribution in [1.82, 2.24) is 45.8 Å². The summed E-state index contributed by atoms with van der Waals surface area (Å²) in [5.74, 6) is 0. The molecule has 0 saturated heterocycles. The van der Waals surface area contributed by atoms with Gasteiger partial charge in [-0.05, 0) is 180 Å². The highest BCUT2D eigenvalue weighted by Gasteiger charge is 2.33. The molecule has 0 aliphatic rings. The molecule has 0 bridgehead atoms. The number of amides is 4. The predicted octanol–water partition coefficient (Wildman–Crippen LogP) is 15.7. The van der Waals surface area contributed by atoms with Crippen LogP contribution in [0, 0.1) is 0 Å². The van der Waals surface area contributed by atoms with Crippen LogP contribution in [0.1, 0.15) is 215 Å². The third-order valence-electron chi connectivity index (χ3n) is 14.3. The van der Waals surface area contributed by atoms with E-state index in [9.17, 15) is 53.7 Å². The van der Waals surface area contributed by atoms with Gasteiger partial charge in [-0.15, -0.1) is 92.4 Å². The minimum Gasteiger partial charge on any atom is -0.443 e. The quantitative estimate of drug-likeness (QED) is 0.0256. The highest BCUT2D eigenvalue weighted by molar-refractivity contribution is 8.17. The molecule has 7 aromatic heterocycles. The second-order valence-corrected chi connectivity index (χ2v) is 52.1. The van der Waals surface area contributed by atoms with E-state index in [0.29, 0.717) is 41.9 Å². The lowest BCUT2D eigenvalue weighted by Gasteiger charge is -2.19. The minimum absolute atomic E-state index is 0. The van der Waals surface area contributed by atoms with E-state index in [1.165, 1.54) is 96.7 Å². The largest absolute Gasteiger partial charge is 0.443 e. The lowest BCUT2D eigenvalue weighted by atomic mass is 10.1. The summed E-state index contributed by atoms with van der Waals surface area (Å²) in [5.41, 5.74) is -7.16. The van der Waals surface area contributed by atoms with Crippen LogP contribution in [-0.4, -0.2) is 173 Å². The van der Waals surface area contributed by atoms with Crippen LogP contribution in [0.4, 0.5) is 19.2 Å². The van der Waals surface area contributed by atoms with E-state index in [2.05, 4.69) is 56.9 Å². The zero-order valence-electron chi connectivity index (χ0n) is 75.9. The van der Waals surface area contributed by atoms with Crippen LogP contribution in [-0.2, 0) is 168 Å². The number of nitrogens with one attached hydrogen (secondary N) is 1. The Balaban J connectivity index is 0.00000143. The first-order chi connectivity index (χ1) is 55.6. The molecule has 124 heavy (non-hydrogen) atoms. The summed E-state index contributed by atoms with van der Waals surface area (Å²) in [7, 11) is 4.80. The Labute approximate surface area is 770 Å². The smallest absolute Gasteiger partial charge is 0.443 e. The van der Waals surface area contributed by atoms with E-state index in [4.69, 9.17) is 77.7 Å². The third kappa shape index (κ3) is 41.6. The van der Waals surface area contributed by atoms with Crippen LogP contribution in [0.15, 0.2) is 85.9 Å². The van der Waals surface area contributed by atoms with Gasteiger partial charge in [0.15, 0.2) is 39.8 Å². The molecule has 0 aromatic carbocycles. The van der Waals surface area contributed by atoms with Crippen LogP contribution >= 0.6 is 90.0 Å². The average molecular weight is 2040 g/mol. The summed E-state index contributed by atoms with van der Waals surface area (Å²) in [6, 6.07) is 0. The molecule has 0 fully saturated rings. The van der Waals surface area contributed by atoms with Crippen molar-refractivity contribution in [2.45, 2.75) is 271 Å². The number of carbonyl (C=O) groups excluding carboxylic acids is 4. The summed E-state index contributed by atoms with van der Waals surface area (Å²) < 4.78 is 159. The van der Waals surface area contributed by atoms with Gasteiger partial charge in [0.1, 0.15) is 137 Å². The van der Waals surface area contributed by atoms with Gasteiger partial charge in [-0.1, -0.05) is 0 Å². The maximum atomic E-state index is 12.4. The first-order valence-corrected chi connectivity index (χ1v) is 51.4. The van der Waals surface area contributed by atoms with Crippen molar-refractivity contribution in [1.29, 1.82) is 0 Å². The van der Waals surface area contributed by atoms with Gasteiger partial charge in [0.05, 0.1) is 57.6 Å². The Kier molecular flexibility index (Phi) is 47.1. The number of hydrogen-bond acceptors (Lipinski definition) is 39. The fraction of sp³-hybridized carbons (Fsp3) is 0.643. The van der Waals surface area contributed by atoms with Crippen molar-refractivity contribution >= 4 is 187 Å². The molecular weight excluding hydrogens is 1920 g/mol. The molecule has 7 heterocycles. The standard InChI is InChI=1S/C12H19ClN2O4S2.2C12H21N3O4S2.C12H20N2O4S2.C8H13NO3S2.C7H12N2O2S2.C7H11NO3S2.H3N/c3*1-11(2,3)19-10(16)15-21(13,17)8-7-14-9(20-8)12(4,5)18-6;1-11(2,3)18-10(15)14-20(16)8-7-13-9(19-8)12(4,5)17-6;1-8(2,11-3)7-9-5-6(13-7)14(10)12-4;1-7(2,11-3)6-9-4-5(12-6)13(8)10;1-7(2,9)6-8-4-5(12-6)13(10)11-3;/h7H,1-6H3;2*7H,1-6H3,(H2,13,15,16,17);7H,1-6H3,(H,14,15);5H,1-4H3;4H,8H2,1-3H3;4,9H,1-3H3;1H3. The van der Waals surface area contributed by atoms with Crippen LogP contribution in [0.25, 0.3) is 0 Å². The summed E-state index contributed by atoms with van der Waals surface area (Å²) in [5, 5.41) is 30.6. The Bertz CT molecular complexity index is 4860. The van der Waals surface area contributed by atoms with Gasteiger partial charge < -0.3 is 58.6 Å². The highest BCUT2D eigenvalue weighted by Crippen LogP contribution is 2.37. The maximum absolute atomic E-state index is 12.4. The Hall–Kier alpha value is -4.69. The zero-order valence-corrected chi connectivity index (χ0v) is 88.1. The number of rotatable bonds is 23. The van der Waals surface area contributed by atoms with Crippen LogP contribution in [0.2, 0.25) is 0 Å². The Morgan fingerprint density at radius 1 is 0.379 bits per heavy atom. The molecule has 0 radical (unpaired) electrons. The number of carbonyl (C=O) groups is 4. The lowest BCUT2D eigenvalue weighted by Crippen LogP contribution is -2.33. The molecule has 7 atom stereocenters. The number of ether oxygens (including phenoxy) is 10. The van der Waals surface area contributed by atoms with Gasteiger partial charge in [-0.2, -0.15) is 0 Å². The third-order valence-corrected chi connectivity index (χ3v) is 34.6. The molecule has 0 spiro atoms. The van der Waals surface area contributed by atoms with Gasteiger partial charge >= 0.3 is 24.4 Å². The van der Waals surface area contributed by atoms with Crippen molar-refractivity contribution in [3.63, 3.8) is 0 Å². The Morgan fingerprint density at radius 3 is 0.879 bits per heavy atom. The van der Waals surface area contributed by atoms with E-state index >= 15 is 0 Å². The normalized spacial score (nSPS) is 14.7. The van der Waals surface area contributed by atoms with Gasteiger partial charge in [0.2, 0.25) is 22.2 Å². The SMILES string of the molecule is COC(C)(C)c1ncc(S(=O)(Cl)=NC(=O)OC(C)(C)C)s1.COC(C)(C)c1ncc(S(=O)NC(=O)OC(C)(C)C)s1.COC(C)(C)c1ncc(S(N)(=O)=NC(=O)OC(C)(C)C)s1.COC(C)(C)c1ncc(S(N)(=O)=NC(=O)OC(C)(C)C)s1.COC(C)(C)c1ncc(S(N)=O)s1.COS(=O)c1cnc(C(C)(C)O)s1.COS(=O)c1cnc(C(C)(C)OC)s1.N. The average Bonchev–Trinajstić information content (AvgIpc) is 1.66. The summed E-state index contributed by atoms with van der Waals surface area (Å²) >= 11 is 5.47. The number of halogens is 1. The van der Waals surface area contributed by atoms with Crippen molar-refractivity contribution in [2.24, 2.45) is 28.5 Å². The van der Waals surface area contributed by atoms with Crippen molar-refractivity contribution in [3.05, 3.63) is 78.4 Å². The number of hydrogen-bond donors (Lipinski definition) is 6. The second kappa shape index (κ2) is 49.0. The number of nitrogens with two attached hydrogens (primary N) is 3. The molecule has 710 valence electrons.